The van der Waals surface area contributed by atoms with Crippen LogP contribution in [0.25, 0.3) is 0 Å². The van der Waals surface area contributed by atoms with Crippen molar-refractivity contribution in [3.8, 4) is 0 Å². The van der Waals surface area contributed by atoms with E-state index >= 15 is 0 Å². The standard InChI is InChI=1S/C4H10N2/c5-3-1-2-4-6/h1,3H,2,4-6H2. The van der Waals surface area contributed by atoms with Crippen LogP contribution in [0.5, 0.6) is 0 Å². The van der Waals surface area contributed by atoms with E-state index < -0.39 is 0 Å². The molecular weight excluding hydrogens is 76.1 g/mol. The summed E-state index contributed by atoms with van der Waals surface area (Å²) in [7, 11) is 0. The maximum Gasteiger partial charge on any atom is -0.00420 e. The highest BCUT2D eigenvalue weighted by Gasteiger charge is 1.64. The summed E-state index contributed by atoms with van der Waals surface area (Å²) in [5.41, 5.74) is 10.1. The van der Waals surface area contributed by atoms with E-state index in [2.05, 4.69) is 0 Å². The highest BCUT2D eigenvalue weighted by molar-refractivity contribution is 4.74. The van der Waals surface area contributed by atoms with Crippen molar-refractivity contribution < 1.29 is 0 Å². The Labute approximate surface area is 37.8 Å². The minimum atomic E-state index is 0.688. The fraction of sp³-hybridized carbons (Fsp3) is 0.500. The molecule has 0 saturated carbocycles. The Morgan fingerprint density at radius 2 is 2.17 bits per heavy atom. The van der Waals surface area contributed by atoms with Crippen LogP contribution in [0.15, 0.2) is 12.3 Å². The smallest absolute Gasteiger partial charge is 0.00420 e. The number of rotatable bonds is 2. The Kier molecular flexibility index (Phi) is 4.12. The van der Waals surface area contributed by atoms with E-state index in [1.807, 2.05) is 6.08 Å². The fourth-order valence-corrected chi connectivity index (χ4v) is 0.192. The van der Waals surface area contributed by atoms with Gasteiger partial charge in [0, 0.05) is 0 Å². The number of nitrogens with two attached hydrogens (primary N) is 2. The van der Waals surface area contributed by atoms with E-state index in [1.165, 1.54) is 6.20 Å². The van der Waals surface area contributed by atoms with Gasteiger partial charge in [-0.25, -0.2) is 0 Å². The highest BCUT2D eigenvalue weighted by atomic mass is 14.5. The fourth-order valence-electron chi connectivity index (χ4n) is 0.192. The van der Waals surface area contributed by atoms with Gasteiger partial charge in [-0.15, -0.1) is 0 Å². The van der Waals surface area contributed by atoms with E-state index in [-0.39, 0.29) is 0 Å². The molecule has 0 aliphatic rings. The molecule has 2 nitrogen and oxygen atoms in total. The summed E-state index contributed by atoms with van der Waals surface area (Å²) < 4.78 is 0. The first kappa shape index (κ1) is 5.50. The van der Waals surface area contributed by atoms with Crippen molar-refractivity contribution in [1.82, 2.24) is 0 Å². The molecule has 0 radical (unpaired) electrons. The molecule has 0 fully saturated rings. The zero-order chi connectivity index (χ0) is 4.83. The molecular formula is C4H10N2. The average Bonchev–Trinajstić information content (AvgIpc) is 1.61. The molecule has 6 heavy (non-hydrogen) atoms. The summed E-state index contributed by atoms with van der Waals surface area (Å²) in [6.45, 7) is 0.688. The molecule has 0 aliphatic carbocycles. The van der Waals surface area contributed by atoms with Crippen LogP contribution in [0.3, 0.4) is 0 Å². The maximum absolute atomic E-state index is 5.11. The minimum Gasteiger partial charge on any atom is -0.405 e. The van der Waals surface area contributed by atoms with Gasteiger partial charge in [-0.05, 0) is 19.2 Å². The second kappa shape index (κ2) is 4.50. The Bertz CT molecular complexity index is 40.8. The van der Waals surface area contributed by atoms with Crippen LogP contribution in [0.4, 0.5) is 0 Å². The molecule has 0 heterocycles. The van der Waals surface area contributed by atoms with Gasteiger partial charge in [0.1, 0.15) is 0 Å². The van der Waals surface area contributed by atoms with Crippen LogP contribution in [0.1, 0.15) is 6.42 Å². The molecule has 0 bridgehead atoms. The summed E-state index contributed by atoms with van der Waals surface area (Å²) in [6, 6.07) is 0. The molecule has 4 N–H and O–H groups in total. The summed E-state index contributed by atoms with van der Waals surface area (Å²) in [4.78, 5) is 0. The first-order valence-corrected chi connectivity index (χ1v) is 1.98. The first-order valence-electron chi connectivity index (χ1n) is 1.98. The second-order valence-corrected chi connectivity index (χ2v) is 1.01. The van der Waals surface area contributed by atoms with Crippen molar-refractivity contribution in [1.29, 1.82) is 0 Å². The van der Waals surface area contributed by atoms with Gasteiger partial charge in [0.15, 0.2) is 0 Å². The topological polar surface area (TPSA) is 52.0 Å². The van der Waals surface area contributed by atoms with Crippen molar-refractivity contribution in [3.05, 3.63) is 12.3 Å². The van der Waals surface area contributed by atoms with Crippen molar-refractivity contribution in [3.63, 3.8) is 0 Å². The quantitative estimate of drug-likeness (QED) is 0.489. The monoisotopic (exact) mass is 86.1 g/mol. The van der Waals surface area contributed by atoms with Gasteiger partial charge in [-0.3, -0.25) is 0 Å². The Balaban J connectivity index is 2.66. The van der Waals surface area contributed by atoms with Crippen LogP contribution < -0.4 is 11.5 Å². The molecule has 0 spiro atoms. The van der Waals surface area contributed by atoms with Crippen molar-refractivity contribution in [2.24, 2.45) is 11.5 Å². The average molecular weight is 86.1 g/mol. The molecule has 0 saturated heterocycles. The third kappa shape index (κ3) is 3.50. The van der Waals surface area contributed by atoms with Crippen LogP contribution in [0.2, 0.25) is 0 Å². The number of hydrogen-bond acceptors (Lipinski definition) is 2. The van der Waals surface area contributed by atoms with Gasteiger partial charge >= 0.3 is 0 Å². The summed E-state index contributed by atoms with van der Waals surface area (Å²) >= 11 is 0. The molecule has 0 atom stereocenters. The first-order chi connectivity index (χ1) is 2.91. The Morgan fingerprint density at radius 1 is 1.50 bits per heavy atom. The molecule has 0 unspecified atom stereocenters. The molecule has 0 aromatic rings. The van der Waals surface area contributed by atoms with E-state index in [1.54, 1.807) is 0 Å². The van der Waals surface area contributed by atoms with Gasteiger partial charge in [0.2, 0.25) is 0 Å². The Morgan fingerprint density at radius 3 is 2.33 bits per heavy atom. The minimum absolute atomic E-state index is 0.688. The molecule has 0 rings (SSSR count). The predicted octanol–water partition coefficient (Wildman–Crippen LogP) is -0.192. The van der Waals surface area contributed by atoms with Crippen molar-refractivity contribution in [2.45, 2.75) is 6.42 Å². The summed E-state index contributed by atoms with van der Waals surface area (Å²) in [5.74, 6) is 0. The van der Waals surface area contributed by atoms with Gasteiger partial charge in [-0.1, -0.05) is 6.08 Å². The van der Waals surface area contributed by atoms with E-state index in [0.29, 0.717) is 6.54 Å². The van der Waals surface area contributed by atoms with E-state index in [9.17, 15) is 0 Å². The van der Waals surface area contributed by atoms with Crippen LogP contribution in [-0.4, -0.2) is 6.54 Å². The van der Waals surface area contributed by atoms with Crippen LogP contribution in [-0.2, 0) is 0 Å². The SMILES string of the molecule is NC=CCCN. The normalized spacial score (nSPS) is 10.2. The van der Waals surface area contributed by atoms with Gasteiger partial charge < -0.3 is 11.5 Å². The van der Waals surface area contributed by atoms with Crippen molar-refractivity contribution >= 4 is 0 Å². The third-order valence-electron chi connectivity index (χ3n) is 0.469. The molecule has 0 aromatic heterocycles. The van der Waals surface area contributed by atoms with E-state index in [4.69, 9.17) is 11.5 Å². The van der Waals surface area contributed by atoms with Crippen LogP contribution in [0, 0.1) is 0 Å². The second-order valence-electron chi connectivity index (χ2n) is 1.01. The lowest BCUT2D eigenvalue weighted by molar-refractivity contribution is 1.00. The molecule has 0 aliphatic heterocycles. The lowest BCUT2D eigenvalue weighted by Crippen LogP contribution is -1.95. The zero-order valence-corrected chi connectivity index (χ0v) is 3.72. The molecule has 0 aromatic carbocycles. The summed E-state index contributed by atoms with van der Waals surface area (Å²) in [5, 5.41) is 0. The summed E-state index contributed by atoms with van der Waals surface area (Å²) in [6.07, 6.45) is 4.23. The van der Waals surface area contributed by atoms with E-state index in [0.717, 1.165) is 6.42 Å². The lowest BCUT2D eigenvalue weighted by atomic mass is 10.4. The Hall–Kier alpha value is -0.500. The molecule has 0 amide bonds. The molecule has 2 heteroatoms. The van der Waals surface area contributed by atoms with Crippen molar-refractivity contribution in [2.75, 3.05) is 6.54 Å². The largest absolute Gasteiger partial charge is 0.405 e. The van der Waals surface area contributed by atoms with Gasteiger partial charge in [0.05, 0.1) is 0 Å². The third-order valence-corrected chi connectivity index (χ3v) is 0.469. The van der Waals surface area contributed by atoms with Gasteiger partial charge in [-0.2, -0.15) is 0 Å². The van der Waals surface area contributed by atoms with Crippen LogP contribution >= 0.6 is 0 Å². The highest BCUT2D eigenvalue weighted by Crippen LogP contribution is 1.70. The molecule has 36 valence electrons. The lowest BCUT2D eigenvalue weighted by Gasteiger charge is -1.77. The van der Waals surface area contributed by atoms with Gasteiger partial charge in [0.25, 0.3) is 0 Å². The predicted molar refractivity (Wildman–Crippen MR) is 27.0 cm³/mol. The zero-order valence-electron chi connectivity index (χ0n) is 3.72. The number of hydrogen-bond donors (Lipinski definition) is 2. The maximum atomic E-state index is 5.11.